The molecule has 0 saturated heterocycles. The van der Waals surface area contributed by atoms with Crippen LogP contribution in [0.5, 0.6) is 0 Å². The van der Waals surface area contributed by atoms with Gasteiger partial charge < -0.3 is 10.3 Å². The smallest absolute Gasteiger partial charge is 0.0539 e. The second-order valence-electron chi connectivity index (χ2n) is 4.90. The summed E-state index contributed by atoms with van der Waals surface area (Å²) >= 11 is 0. The van der Waals surface area contributed by atoms with Crippen LogP contribution >= 0.6 is 0 Å². The second-order valence-corrected chi connectivity index (χ2v) is 4.90. The number of fused-ring (bicyclic) bond motifs is 1. The van der Waals surface area contributed by atoms with Crippen molar-refractivity contribution in [3.8, 4) is 0 Å². The molecule has 0 bridgehead atoms. The fourth-order valence-corrected chi connectivity index (χ4v) is 2.44. The first-order valence-electron chi connectivity index (χ1n) is 6.51. The summed E-state index contributed by atoms with van der Waals surface area (Å²) in [4.78, 5) is 0. The van der Waals surface area contributed by atoms with Crippen LogP contribution in [0.2, 0.25) is 0 Å². The molecule has 4 nitrogen and oxygen atoms in total. The first-order chi connectivity index (χ1) is 9.26. The Bertz CT molecular complexity index is 693. The Morgan fingerprint density at radius 1 is 1.21 bits per heavy atom. The van der Waals surface area contributed by atoms with Gasteiger partial charge in [0.05, 0.1) is 12.7 Å². The zero-order valence-electron chi connectivity index (χ0n) is 11.1. The lowest BCUT2D eigenvalue weighted by Gasteiger charge is -2.05. The van der Waals surface area contributed by atoms with Crippen molar-refractivity contribution in [2.24, 2.45) is 12.8 Å². The summed E-state index contributed by atoms with van der Waals surface area (Å²) in [5, 5.41) is 5.48. The molecule has 0 spiro atoms. The molecule has 0 aliphatic carbocycles. The van der Waals surface area contributed by atoms with E-state index >= 15 is 0 Å². The summed E-state index contributed by atoms with van der Waals surface area (Å²) in [5.41, 5.74) is 9.39. The van der Waals surface area contributed by atoms with Gasteiger partial charge in [-0.15, -0.1) is 0 Å². The van der Waals surface area contributed by atoms with Crippen LogP contribution in [-0.4, -0.2) is 20.9 Å². The number of nitrogens with zero attached hydrogens (tertiary/aromatic N) is 3. The van der Waals surface area contributed by atoms with Crippen LogP contribution in [0.25, 0.3) is 10.9 Å². The third-order valence-electron chi connectivity index (χ3n) is 3.38. The highest BCUT2D eigenvalue weighted by molar-refractivity contribution is 5.81. The number of nitrogens with two attached hydrogens (primary N) is 1. The molecule has 0 saturated carbocycles. The number of hydrogen-bond acceptors (Lipinski definition) is 2. The molecule has 0 fully saturated rings. The quantitative estimate of drug-likeness (QED) is 0.773. The third kappa shape index (κ3) is 2.39. The number of rotatable bonds is 4. The van der Waals surface area contributed by atoms with E-state index in [-0.39, 0.29) is 0 Å². The van der Waals surface area contributed by atoms with Gasteiger partial charge >= 0.3 is 0 Å². The lowest BCUT2D eigenvalue weighted by Crippen LogP contribution is -2.03. The molecule has 0 aliphatic rings. The number of hydrogen-bond donors (Lipinski definition) is 1. The van der Waals surface area contributed by atoms with Gasteiger partial charge in [0.1, 0.15) is 0 Å². The standard InChI is InChI=1S/C15H18N4/c1-18-10-13(9-17-18)11-19-7-5-14-3-2-12(4-6-16)8-15(14)19/h2-3,5,7-10H,4,6,11,16H2,1H3. The van der Waals surface area contributed by atoms with Crippen LogP contribution in [-0.2, 0) is 20.0 Å². The van der Waals surface area contributed by atoms with Gasteiger partial charge in [0.25, 0.3) is 0 Å². The minimum Gasteiger partial charge on any atom is -0.343 e. The lowest BCUT2D eigenvalue weighted by molar-refractivity contribution is 0.764. The van der Waals surface area contributed by atoms with Crippen molar-refractivity contribution >= 4 is 10.9 Å². The molecule has 2 N–H and O–H groups in total. The Labute approximate surface area is 112 Å². The van der Waals surface area contributed by atoms with Gasteiger partial charge in [-0.2, -0.15) is 5.10 Å². The predicted octanol–water partition coefficient (Wildman–Crippen LogP) is 1.92. The van der Waals surface area contributed by atoms with Crippen LogP contribution in [0.1, 0.15) is 11.1 Å². The molecule has 2 heterocycles. The molecule has 4 heteroatoms. The van der Waals surface area contributed by atoms with Gasteiger partial charge in [0, 0.05) is 30.5 Å². The fourth-order valence-electron chi connectivity index (χ4n) is 2.44. The highest BCUT2D eigenvalue weighted by Crippen LogP contribution is 2.19. The molecule has 2 aromatic heterocycles. The van der Waals surface area contributed by atoms with Crippen molar-refractivity contribution in [3.63, 3.8) is 0 Å². The van der Waals surface area contributed by atoms with Gasteiger partial charge in [0.15, 0.2) is 0 Å². The Morgan fingerprint density at radius 2 is 2.11 bits per heavy atom. The molecule has 0 aliphatic heterocycles. The largest absolute Gasteiger partial charge is 0.343 e. The summed E-state index contributed by atoms with van der Waals surface area (Å²) in [7, 11) is 1.94. The van der Waals surface area contributed by atoms with E-state index in [2.05, 4.69) is 46.3 Å². The van der Waals surface area contributed by atoms with Crippen LogP contribution in [0, 0.1) is 0 Å². The van der Waals surface area contributed by atoms with E-state index in [9.17, 15) is 0 Å². The van der Waals surface area contributed by atoms with Crippen LogP contribution in [0.4, 0.5) is 0 Å². The molecule has 3 rings (SSSR count). The average molecular weight is 254 g/mol. The minimum atomic E-state index is 0.689. The molecule has 98 valence electrons. The molecule has 3 aromatic rings. The van der Waals surface area contributed by atoms with Crippen molar-refractivity contribution in [3.05, 3.63) is 54.0 Å². The van der Waals surface area contributed by atoms with Crippen LogP contribution in [0.3, 0.4) is 0 Å². The maximum Gasteiger partial charge on any atom is 0.0539 e. The zero-order chi connectivity index (χ0) is 13.2. The summed E-state index contributed by atoms with van der Waals surface area (Å²) in [6.07, 6.45) is 7.02. The van der Waals surface area contributed by atoms with Gasteiger partial charge in [-0.05, 0) is 36.0 Å². The zero-order valence-corrected chi connectivity index (χ0v) is 11.1. The number of benzene rings is 1. The van der Waals surface area contributed by atoms with E-state index in [1.807, 2.05) is 17.9 Å². The summed E-state index contributed by atoms with van der Waals surface area (Å²) in [5.74, 6) is 0. The van der Waals surface area contributed by atoms with E-state index in [1.54, 1.807) is 0 Å². The van der Waals surface area contributed by atoms with E-state index in [0.717, 1.165) is 13.0 Å². The van der Waals surface area contributed by atoms with Gasteiger partial charge in [-0.1, -0.05) is 12.1 Å². The molecule has 0 unspecified atom stereocenters. The molecule has 0 radical (unpaired) electrons. The van der Waals surface area contributed by atoms with Crippen LogP contribution < -0.4 is 5.73 Å². The van der Waals surface area contributed by atoms with Crippen molar-refractivity contribution in [2.75, 3.05) is 6.54 Å². The monoisotopic (exact) mass is 254 g/mol. The average Bonchev–Trinajstić information content (AvgIpc) is 2.98. The van der Waals surface area contributed by atoms with Crippen molar-refractivity contribution < 1.29 is 0 Å². The maximum atomic E-state index is 5.63. The second kappa shape index (κ2) is 4.90. The first-order valence-corrected chi connectivity index (χ1v) is 6.51. The van der Waals surface area contributed by atoms with Crippen molar-refractivity contribution in [2.45, 2.75) is 13.0 Å². The minimum absolute atomic E-state index is 0.689. The third-order valence-corrected chi connectivity index (χ3v) is 3.38. The fraction of sp³-hybridized carbons (Fsp3) is 0.267. The van der Waals surface area contributed by atoms with E-state index < -0.39 is 0 Å². The van der Waals surface area contributed by atoms with E-state index in [4.69, 9.17) is 5.73 Å². The SMILES string of the molecule is Cn1cc(Cn2ccc3ccc(CCN)cc32)cn1. The highest BCUT2D eigenvalue weighted by Gasteiger charge is 2.04. The maximum absolute atomic E-state index is 5.63. The lowest BCUT2D eigenvalue weighted by atomic mass is 10.1. The Kier molecular flexibility index (Phi) is 3.09. The first kappa shape index (κ1) is 12.0. The van der Waals surface area contributed by atoms with Crippen molar-refractivity contribution in [1.82, 2.24) is 14.3 Å². The normalized spacial score (nSPS) is 11.3. The summed E-state index contributed by atoms with van der Waals surface area (Å²) in [6, 6.07) is 8.71. The Balaban J connectivity index is 1.96. The molecular formula is C15H18N4. The topological polar surface area (TPSA) is 48.8 Å². The summed E-state index contributed by atoms with van der Waals surface area (Å²) in [6.45, 7) is 1.54. The number of aryl methyl sites for hydroxylation is 1. The van der Waals surface area contributed by atoms with Crippen LogP contribution in [0.15, 0.2) is 42.9 Å². The van der Waals surface area contributed by atoms with E-state index in [1.165, 1.54) is 22.0 Å². The molecule has 1 aromatic carbocycles. The summed E-state index contributed by atoms with van der Waals surface area (Å²) < 4.78 is 4.09. The van der Waals surface area contributed by atoms with E-state index in [0.29, 0.717) is 6.54 Å². The van der Waals surface area contributed by atoms with Gasteiger partial charge in [-0.3, -0.25) is 4.68 Å². The Morgan fingerprint density at radius 3 is 2.84 bits per heavy atom. The molecule has 0 amide bonds. The molecule has 19 heavy (non-hydrogen) atoms. The van der Waals surface area contributed by atoms with Crippen molar-refractivity contribution in [1.29, 1.82) is 0 Å². The molecule has 0 atom stereocenters. The predicted molar refractivity (Wildman–Crippen MR) is 77.0 cm³/mol. The van der Waals surface area contributed by atoms with Gasteiger partial charge in [-0.25, -0.2) is 0 Å². The molecular weight excluding hydrogens is 236 g/mol. The highest BCUT2D eigenvalue weighted by atomic mass is 15.2. The Hall–Kier alpha value is -2.07. The van der Waals surface area contributed by atoms with Gasteiger partial charge in [0.2, 0.25) is 0 Å². The number of aromatic nitrogens is 3.